The van der Waals surface area contributed by atoms with E-state index in [1.807, 2.05) is 13.0 Å². The summed E-state index contributed by atoms with van der Waals surface area (Å²) in [7, 11) is 0. The van der Waals surface area contributed by atoms with Crippen LogP contribution in [0.4, 0.5) is 0 Å². The van der Waals surface area contributed by atoms with Gasteiger partial charge >= 0.3 is 0 Å². The third-order valence-electron chi connectivity index (χ3n) is 4.28. The van der Waals surface area contributed by atoms with Crippen LogP contribution < -0.4 is 0 Å². The van der Waals surface area contributed by atoms with Gasteiger partial charge in [0, 0.05) is 6.42 Å². The van der Waals surface area contributed by atoms with Crippen molar-refractivity contribution in [2.45, 2.75) is 84.5 Å². The van der Waals surface area contributed by atoms with Gasteiger partial charge in [-0.05, 0) is 30.5 Å². The van der Waals surface area contributed by atoms with E-state index in [1.54, 1.807) is 12.1 Å². The molecular weight excluding hydrogens is 272 g/mol. The molecule has 1 N–H and O–H groups in total. The molecule has 0 atom stereocenters. The normalized spacial score (nSPS) is 10.8. The third kappa shape index (κ3) is 7.11. The molecule has 0 spiro atoms. The fourth-order valence-electron chi connectivity index (χ4n) is 2.76. The number of unbranched alkanes of at least 4 members (excludes halogenated alkanes) is 8. The number of benzene rings is 1. The molecule has 0 heterocycles. The summed E-state index contributed by atoms with van der Waals surface area (Å²) in [5.74, 6) is 0.211. The lowest BCUT2D eigenvalue weighted by atomic mass is 10.0. The highest BCUT2D eigenvalue weighted by Crippen LogP contribution is 2.22. The first-order valence-corrected chi connectivity index (χ1v) is 9.04. The Morgan fingerprint density at radius 1 is 0.909 bits per heavy atom. The molecule has 1 aromatic rings. The number of hydrogen-bond acceptors (Lipinski definition) is 2. The van der Waals surface area contributed by atoms with Gasteiger partial charge in [-0.1, -0.05) is 71.3 Å². The number of carbonyl (C=O) groups is 1. The van der Waals surface area contributed by atoms with E-state index in [4.69, 9.17) is 0 Å². The van der Waals surface area contributed by atoms with Gasteiger partial charge in [0.15, 0.2) is 5.78 Å². The van der Waals surface area contributed by atoms with Crippen molar-refractivity contribution in [1.82, 2.24) is 0 Å². The molecule has 0 amide bonds. The molecule has 0 unspecified atom stereocenters. The molecule has 1 aromatic carbocycles. The van der Waals surface area contributed by atoms with Crippen molar-refractivity contribution in [3.63, 3.8) is 0 Å². The van der Waals surface area contributed by atoms with E-state index in [2.05, 4.69) is 6.92 Å². The number of Topliss-reactive ketones (excluding diaryl/α,β-unsaturated/α-hetero) is 1. The highest BCUT2D eigenvalue weighted by molar-refractivity contribution is 5.98. The fraction of sp³-hybridized carbons (Fsp3) is 0.650. The molecule has 0 fully saturated rings. The van der Waals surface area contributed by atoms with Crippen LogP contribution in [0.2, 0.25) is 0 Å². The van der Waals surface area contributed by atoms with Gasteiger partial charge in [0.2, 0.25) is 0 Å². The standard InChI is InChI=1S/C20H32O2/c1-3-5-6-7-8-9-10-11-12-13-19(21)18-15-14-17(4-2)16-20(18)22/h14-16,22H,3-13H2,1-2H3. The molecule has 22 heavy (non-hydrogen) atoms. The fourth-order valence-corrected chi connectivity index (χ4v) is 2.76. The number of aromatic hydroxyl groups is 1. The molecule has 2 nitrogen and oxygen atoms in total. The Morgan fingerprint density at radius 3 is 2.05 bits per heavy atom. The van der Waals surface area contributed by atoms with Crippen LogP contribution in [0.25, 0.3) is 0 Å². The molecule has 0 aliphatic heterocycles. The molecule has 0 aliphatic carbocycles. The highest BCUT2D eigenvalue weighted by Gasteiger charge is 2.10. The van der Waals surface area contributed by atoms with Gasteiger partial charge in [-0.25, -0.2) is 0 Å². The van der Waals surface area contributed by atoms with Gasteiger partial charge in [-0.2, -0.15) is 0 Å². The first-order chi connectivity index (χ1) is 10.7. The zero-order valence-electron chi connectivity index (χ0n) is 14.4. The molecular formula is C20H32O2. The predicted octanol–water partition coefficient (Wildman–Crippen LogP) is 6.06. The van der Waals surface area contributed by atoms with Gasteiger partial charge < -0.3 is 5.11 Å². The third-order valence-corrected chi connectivity index (χ3v) is 4.28. The van der Waals surface area contributed by atoms with Crippen LogP contribution in [0.15, 0.2) is 18.2 Å². The first kappa shape index (κ1) is 18.7. The number of phenols is 1. The quantitative estimate of drug-likeness (QED) is 0.376. The minimum atomic E-state index is 0.0723. The van der Waals surface area contributed by atoms with Crippen LogP contribution in [0.5, 0.6) is 5.75 Å². The molecule has 0 bridgehead atoms. The van der Waals surface area contributed by atoms with Crippen LogP contribution >= 0.6 is 0 Å². The summed E-state index contributed by atoms with van der Waals surface area (Å²) in [6.45, 7) is 4.28. The van der Waals surface area contributed by atoms with Crippen molar-refractivity contribution < 1.29 is 9.90 Å². The van der Waals surface area contributed by atoms with Crippen LogP contribution in [-0.4, -0.2) is 10.9 Å². The average molecular weight is 304 g/mol. The molecule has 2 heteroatoms. The smallest absolute Gasteiger partial charge is 0.166 e. The Labute approximate surface area is 135 Å². The lowest BCUT2D eigenvalue weighted by Gasteiger charge is -2.06. The van der Waals surface area contributed by atoms with Gasteiger partial charge in [0.05, 0.1) is 5.56 Å². The van der Waals surface area contributed by atoms with Gasteiger partial charge in [0.1, 0.15) is 5.75 Å². The number of ketones is 1. The maximum absolute atomic E-state index is 12.1. The molecule has 1 rings (SSSR count). The maximum atomic E-state index is 12.1. The van der Waals surface area contributed by atoms with Crippen molar-refractivity contribution in [3.05, 3.63) is 29.3 Å². The molecule has 0 saturated carbocycles. The van der Waals surface area contributed by atoms with E-state index in [0.717, 1.165) is 24.8 Å². The van der Waals surface area contributed by atoms with Crippen molar-refractivity contribution in [2.75, 3.05) is 0 Å². The van der Waals surface area contributed by atoms with E-state index in [0.29, 0.717) is 12.0 Å². The largest absolute Gasteiger partial charge is 0.507 e. The van der Waals surface area contributed by atoms with Crippen LogP contribution in [0, 0.1) is 0 Å². The van der Waals surface area contributed by atoms with E-state index in [-0.39, 0.29) is 11.5 Å². The van der Waals surface area contributed by atoms with Crippen LogP contribution in [0.3, 0.4) is 0 Å². The van der Waals surface area contributed by atoms with Crippen molar-refractivity contribution >= 4 is 5.78 Å². The monoisotopic (exact) mass is 304 g/mol. The Hall–Kier alpha value is -1.31. The number of phenolic OH excluding ortho intramolecular Hbond substituents is 1. The van der Waals surface area contributed by atoms with E-state index >= 15 is 0 Å². The lowest BCUT2D eigenvalue weighted by Crippen LogP contribution is -2.00. The average Bonchev–Trinajstić information content (AvgIpc) is 2.52. The van der Waals surface area contributed by atoms with Gasteiger partial charge in [-0.3, -0.25) is 4.79 Å². The van der Waals surface area contributed by atoms with Gasteiger partial charge in [0.25, 0.3) is 0 Å². The minimum Gasteiger partial charge on any atom is -0.507 e. The second-order valence-corrected chi connectivity index (χ2v) is 6.21. The summed E-state index contributed by atoms with van der Waals surface area (Å²) < 4.78 is 0. The number of hydrogen-bond donors (Lipinski definition) is 1. The van der Waals surface area contributed by atoms with Crippen molar-refractivity contribution in [2.24, 2.45) is 0 Å². The first-order valence-electron chi connectivity index (χ1n) is 9.04. The molecule has 0 saturated heterocycles. The second kappa shape index (κ2) is 11.3. The van der Waals surface area contributed by atoms with Crippen molar-refractivity contribution in [1.29, 1.82) is 0 Å². The number of rotatable bonds is 12. The number of carbonyl (C=O) groups excluding carboxylic acids is 1. The van der Waals surface area contributed by atoms with Crippen molar-refractivity contribution in [3.8, 4) is 5.75 Å². The van der Waals surface area contributed by atoms with Crippen LogP contribution in [-0.2, 0) is 6.42 Å². The minimum absolute atomic E-state index is 0.0723. The summed E-state index contributed by atoms with van der Waals surface area (Å²) in [6, 6.07) is 5.41. The zero-order chi connectivity index (χ0) is 16.2. The second-order valence-electron chi connectivity index (χ2n) is 6.21. The van der Waals surface area contributed by atoms with E-state index in [1.165, 1.54) is 44.9 Å². The van der Waals surface area contributed by atoms with E-state index < -0.39 is 0 Å². The summed E-state index contributed by atoms with van der Waals surface area (Å²) in [5, 5.41) is 9.92. The summed E-state index contributed by atoms with van der Waals surface area (Å²) in [6.07, 6.45) is 12.7. The highest BCUT2D eigenvalue weighted by atomic mass is 16.3. The molecule has 124 valence electrons. The SMILES string of the molecule is CCCCCCCCCCCC(=O)c1ccc(CC)cc1O. The predicted molar refractivity (Wildman–Crippen MR) is 93.7 cm³/mol. The maximum Gasteiger partial charge on any atom is 0.166 e. The Balaban J connectivity index is 2.16. The van der Waals surface area contributed by atoms with E-state index in [9.17, 15) is 9.90 Å². The topological polar surface area (TPSA) is 37.3 Å². The summed E-state index contributed by atoms with van der Waals surface area (Å²) >= 11 is 0. The Bertz CT molecular complexity index is 437. The Kier molecular flexibility index (Phi) is 9.61. The summed E-state index contributed by atoms with van der Waals surface area (Å²) in [5.41, 5.74) is 1.55. The van der Waals surface area contributed by atoms with Crippen LogP contribution in [0.1, 0.15) is 94.0 Å². The molecule has 0 radical (unpaired) electrons. The lowest BCUT2D eigenvalue weighted by molar-refractivity contribution is 0.0976. The van der Waals surface area contributed by atoms with Gasteiger partial charge in [-0.15, -0.1) is 0 Å². The zero-order valence-corrected chi connectivity index (χ0v) is 14.4. The summed E-state index contributed by atoms with van der Waals surface area (Å²) in [4.78, 5) is 12.1. The Morgan fingerprint density at radius 2 is 1.50 bits per heavy atom. The molecule has 0 aromatic heterocycles. The number of aryl methyl sites for hydroxylation is 1. The molecule has 0 aliphatic rings.